The van der Waals surface area contributed by atoms with E-state index in [-0.39, 0.29) is 5.91 Å². The lowest BCUT2D eigenvalue weighted by Gasteiger charge is -2.11. The second-order valence-corrected chi connectivity index (χ2v) is 5.07. The number of amides is 1. The number of aromatic nitrogens is 2. The van der Waals surface area contributed by atoms with Crippen LogP contribution in [-0.4, -0.2) is 28.8 Å². The smallest absolute Gasteiger partial charge is 0.253 e. The normalized spacial score (nSPS) is 10.4. The molecule has 5 nitrogen and oxygen atoms in total. The van der Waals surface area contributed by atoms with Gasteiger partial charge < -0.3 is 10.6 Å². The van der Waals surface area contributed by atoms with Gasteiger partial charge in [0, 0.05) is 38.4 Å². The van der Waals surface area contributed by atoms with Gasteiger partial charge in [-0.15, -0.1) is 0 Å². The van der Waals surface area contributed by atoms with E-state index in [4.69, 9.17) is 0 Å². The van der Waals surface area contributed by atoms with Crippen LogP contribution in [0, 0.1) is 6.92 Å². The first kappa shape index (κ1) is 15.1. The van der Waals surface area contributed by atoms with Gasteiger partial charge in [-0.25, -0.2) is 0 Å². The van der Waals surface area contributed by atoms with Crippen LogP contribution in [0.4, 0.5) is 5.69 Å². The Morgan fingerprint density at radius 3 is 2.81 bits per heavy atom. The number of benzene rings is 1. The van der Waals surface area contributed by atoms with Crippen LogP contribution >= 0.6 is 0 Å². The van der Waals surface area contributed by atoms with E-state index < -0.39 is 0 Å². The topological polar surface area (TPSA) is 59.0 Å². The zero-order chi connectivity index (χ0) is 15.2. The summed E-state index contributed by atoms with van der Waals surface area (Å²) in [5, 5.41) is 10.5. The highest BCUT2D eigenvalue weighted by Crippen LogP contribution is 2.17. The molecule has 21 heavy (non-hydrogen) atoms. The zero-order valence-corrected chi connectivity index (χ0v) is 12.8. The van der Waals surface area contributed by atoms with E-state index in [1.54, 1.807) is 4.68 Å². The third kappa shape index (κ3) is 4.08. The summed E-state index contributed by atoms with van der Waals surface area (Å²) >= 11 is 0. The predicted molar refractivity (Wildman–Crippen MR) is 84.6 cm³/mol. The number of hydrogen-bond donors (Lipinski definition) is 2. The molecule has 0 saturated carbocycles. The molecule has 112 valence electrons. The largest absolute Gasteiger partial charge is 0.385 e. The summed E-state index contributed by atoms with van der Waals surface area (Å²) in [6.45, 7) is 5.37. The van der Waals surface area contributed by atoms with E-state index in [9.17, 15) is 4.79 Å². The Balaban J connectivity index is 1.97. The number of anilines is 1. The van der Waals surface area contributed by atoms with Gasteiger partial charge in [0.25, 0.3) is 5.91 Å². The molecular weight excluding hydrogens is 264 g/mol. The number of rotatable bonds is 6. The van der Waals surface area contributed by atoms with Crippen molar-refractivity contribution in [1.82, 2.24) is 15.1 Å². The first-order chi connectivity index (χ1) is 10.1. The van der Waals surface area contributed by atoms with Crippen LogP contribution in [0.25, 0.3) is 0 Å². The van der Waals surface area contributed by atoms with Crippen LogP contribution in [0.1, 0.15) is 28.5 Å². The first-order valence-electron chi connectivity index (χ1n) is 7.21. The molecule has 0 atom stereocenters. The Morgan fingerprint density at radius 1 is 1.33 bits per heavy atom. The molecular formula is C16H22N4O. The summed E-state index contributed by atoms with van der Waals surface area (Å²) < 4.78 is 1.76. The van der Waals surface area contributed by atoms with Gasteiger partial charge in [-0.3, -0.25) is 9.48 Å². The lowest BCUT2D eigenvalue weighted by atomic mass is 10.1. The average Bonchev–Trinajstić information content (AvgIpc) is 2.86. The minimum Gasteiger partial charge on any atom is -0.385 e. The molecule has 0 radical (unpaired) electrons. The molecule has 0 unspecified atom stereocenters. The van der Waals surface area contributed by atoms with Crippen LogP contribution in [0.3, 0.4) is 0 Å². The molecule has 0 saturated heterocycles. The highest BCUT2D eigenvalue weighted by molar-refractivity contribution is 5.99. The molecule has 2 rings (SSSR count). The van der Waals surface area contributed by atoms with Gasteiger partial charge in [0.1, 0.15) is 0 Å². The lowest BCUT2D eigenvalue weighted by Crippen LogP contribution is -2.26. The van der Waals surface area contributed by atoms with Crippen LogP contribution < -0.4 is 10.6 Å². The fourth-order valence-electron chi connectivity index (χ4n) is 2.19. The molecule has 0 bridgehead atoms. The van der Waals surface area contributed by atoms with Crippen molar-refractivity contribution in [1.29, 1.82) is 0 Å². The molecule has 2 N–H and O–H groups in total. The van der Waals surface area contributed by atoms with Gasteiger partial charge >= 0.3 is 0 Å². The van der Waals surface area contributed by atoms with Gasteiger partial charge in [0.05, 0.1) is 11.3 Å². The summed E-state index contributed by atoms with van der Waals surface area (Å²) in [6.07, 6.45) is 2.63. The van der Waals surface area contributed by atoms with Gasteiger partial charge in [0.2, 0.25) is 0 Å². The van der Waals surface area contributed by atoms with Crippen LogP contribution in [0.5, 0.6) is 0 Å². The van der Waals surface area contributed by atoms with Crippen molar-refractivity contribution < 1.29 is 4.79 Å². The fourth-order valence-corrected chi connectivity index (χ4v) is 2.19. The number of nitrogens with zero attached hydrogens (tertiary/aromatic N) is 2. The van der Waals surface area contributed by atoms with E-state index in [2.05, 4.69) is 15.7 Å². The number of carbonyl (C=O) groups excluding carboxylic acids is 1. The molecule has 5 heteroatoms. The second-order valence-electron chi connectivity index (χ2n) is 5.07. The van der Waals surface area contributed by atoms with E-state index in [1.165, 1.54) is 0 Å². The van der Waals surface area contributed by atoms with Crippen molar-refractivity contribution in [3.8, 4) is 0 Å². The Bertz CT molecular complexity index is 618. The van der Waals surface area contributed by atoms with Crippen molar-refractivity contribution >= 4 is 11.6 Å². The van der Waals surface area contributed by atoms with Crippen LogP contribution in [-0.2, 0) is 13.5 Å². The van der Waals surface area contributed by atoms with Gasteiger partial charge in [0.15, 0.2) is 0 Å². The molecule has 2 aromatic rings. The first-order valence-corrected chi connectivity index (χ1v) is 7.21. The summed E-state index contributed by atoms with van der Waals surface area (Å²) in [5.41, 5.74) is 3.62. The van der Waals surface area contributed by atoms with E-state index in [0.29, 0.717) is 12.1 Å². The predicted octanol–water partition coefficient (Wildman–Crippen LogP) is 2.13. The number of nitrogens with one attached hydrogen (secondary N) is 2. The van der Waals surface area contributed by atoms with Crippen molar-refractivity contribution in [2.45, 2.75) is 20.3 Å². The number of hydrogen-bond acceptors (Lipinski definition) is 3. The van der Waals surface area contributed by atoms with Crippen LogP contribution in [0.2, 0.25) is 0 Å². The van der Waals surface area contributed by atoms with Crippen molar-refractivity contribution in [2.24, 2.45) is 7.05 Å². The minimum absolute atomic E-state index is 0.0504. The quantitative estimate of drug-likeness (QED) is 0.855. The maximum atomic E-state index is 12.3. The second kappa shape index (κ2) is 6.92. The summed E-state index contributed by atoms with van der Waals surface area (Å²) in [7, 11) is 1.89. The molecule has 0 spiro atoms. The Kier molecular flexibility index (Phi) is 4.98. The van der Waals surface area contributed by atoms with Gasteiger partial charge in [-0.1, -0.05) is 11.6 Å². The van der Waals surface area contributed by atoms with Gasteiger partial charge in [-0.05, 0) is 32.0 Å². The van der Waals surface area contributed by atoms with E-state index in [0.717, 1.165) is 29.9 Å². The number of carbonyl (C=O) groups is 1. The molecule has 0 aliphatic carbocycles. The standard InChI is InChI=1S/C16H22N4O/c1-4-17-15-6-5-12(2)11-14(15)16(21)18-9-7-13-8-10-20(3)19-13/h5-6,8,10-11,17H,4,7,9H2,1-3H3,(H,18,21). The zero-order valence-electron chi connectivity index (χ0n) is 12.8. The fraction of sp³-hybridized carbons (Fsp3) is 0.375. The average molecular weight is 286 g/mol. The molecule has 1 aromatic carbocycles. The summed E-state index contributed by atoms with van der Waals surface area (Å²) in [4.78, 5) is 12.3. The number of aryl methyl sites for hydroxylation is 2. The third-order valence-corrected chi connectivity index (χ3v) is 3.22. The molecule has 0 fully saturated rings. The van der Waals surface area contributed by atoms with E-state index in [1.807, 2.05) is 51.4 Å². The van der Waals surface area contributed by atoms with Crippen molar-refractivity contribution in [3.05, 3.63) is 47.3 Å². The van der Waals surface area contributed by atoms with Crippen molar-refractivity contribution in [2.75, 3.05) is 18.4 Å². The summed E-state index contributed by atoms with van der Waals surface area (Å²) in [6, 6.07) is 7.83. The van der Waals surface area contributed by atoms with E-state index >= 15 is 0 Å². The SMILES string of the molecule is CCNc1ccc(C)cc1C(=O)NCCc1ccn(C)n1. The van der Waals surface area contributed by atoms with Crippen molar-refractivity contribution in [3.63, 3.8) is 0 Å². The Morgan fingerprint density at radius 2 is 2.14 bits per heavy atom. The monoisotopic (exact) mass is 286 g/mol. The molecule has 1 heterocycles. The highest BCUT2D eigenvalue weighted by atomic mass is 16.1. The maximum absolute atomic E-state index is 12.3. The van der Waals surface area contributed by atoms with Crippen LogP contribution in [0.15, 0.2) is 30.5 Å². The molecule has 0 aliphatic heterocycles. The maximum Gasteiger partial charge on any atom is 0.253 e. The lowest BCUT2D eigenvalue weighted by molar-refractivity contribution is 0.0955. The Hall–Kier alpha value is -2.30. The molecule has 1 amide bonds. The highest BCUT2D eigenvalue weighted by Gasteiger charge is 2.11. The Labute approximate surface area is 125 Å². The minimum atomic E-state index is -0.0504. The third-order valence-electron chi connectivity index (χ3n) is 3.22. The summed E-state index contributed by atoms with van der Waals surface area (Å²) in [5.74, 6) is -0.0504. The molecule has 1 aromatic heterocycles. The van der Waals surface area contributed by atoms with Gasteiger partial charge in [-0.2, -0.15) is 5.10 Å². The molecule has 0 aliphatic rings.